The van der Waals surface area contributed by atoms with Crippen LogP contribution in [0.3, 0.4) is 0 Å². The molecule has 0 unspecified atom stereocenters. The first-order valence-corrected chi connectivity index (χ1v) is 10.1. The average Bonchev–Trinajstić information content (AvgIpc) is 2.92. The van der Waals surface area contributed by atoms with Crippen LogP contribution in [-0.2, 0) is 9.59 Å². The SMILES string of the molecule is CC(/C=C1\SC(=S)N(CC(=O)Nc2ccc(O)cc2C)C1=O)=C\c1ccccc1. The van der Waals surface area contributed by atoms with Crippen LogP contribution in [0.2, 0.25) is 0 Å². The molecule has 148 valence electrons. The van der Waals surface area contributed by atoms with Crippen molar-refractivity contribution in [3.8, 4) is 5.75 Å². The molecular formula is C22H20N2O3S2. The number of phenols is 1. The van der Waals surface area contributed by atoms with E-state index in [0.717, 1.165) is 16.7 Å². The first-order valence-electron chi connectivity index (χ1n) is 8.91. The fourth-order valence-electron chi connectivity index (χ4n) is 2.82. The second-order valence-electron chi connectivity index (χ2n) is 6.61. The molecule has 1 fully saturated rings. The number of thiocarbonyl (C=S) groups is 1. The molecule has 0 radical (unpaired) electrons. The predicted molar refractivity (Wildman–Crippen MR) is 122 cm³/mol. The minimum atomic E-state index is -0.354. The largest absolute Gasteiger partial charge is 0.508 e. The first-order chi connectivity index (χ1) is 13.8. The number of allylic oxidation sites excluding steroid dienone is 2. The monoisotopic (exact) mass is 424 g/mol. The number of amides is 2. The number of aryl methyl sites for hydroxylation is 1. The van der Waals surface area contributed by atoms with Gasteiger partial charge in [0.05, 0.1) is 4.91 Å². The Bertz CT molecular complexity index is 1030. The maximum Gasteiger partial charge on any atom is 0.266 e. The zero-order valence-corrected chi connectivity index (χ0v) is 17.6. The van der Waals surface area contributed by atoms with Crippen LogP contribution < -0.4 is 5.32 Å². The highest BCUT2D eigenvalue weighted by molar-refractivity contribution is 8.26. The van der Waals surface area contributed by atoms with E-state index in [4.69, 9.17) is 12.2 Å². The zero-order valence-electron chi connectivity index (χ0n) is 16.0. The number of hydrogen-bond acceptors (Lipinski definition) is 5. The Morgan fingerprint density at radius 3 is 2.66 bits per heavy atom. The fraction of sp³-hybridized carbons (Fsp3) is 0.136. The van der Waals surface area contributed by atoms with Crippen LogP contribution in [0, 0.1) is 6.92 Å². The van der Waals surface area contributed by atoms with Gasteiger partial charge >= 0.3 is 0 Å². The summed E-state index contributed by atoms with van der Waals surface area (Å²) < 4.78 is 0.353. The molecule has 2 amide bonds. The molecule has 3 rings (SSSR count). The van der Waals surface area contributed by atoms with Gasteiger partial charge < -0.3 is 10.4 Å². The summed E-state index contributed by atoms with van der Waals surface area (Å²) in [7, 11) is 0. The Hall–Kier alpha value is -2.90. The quantitative estimate of drug-likeness (QED) is 0.421. The lowest BCUT2D eigenvalue weighted by Crippen LogP contribution is -2.36. The summed E-state index contributed by atoms with van der Waals surface area (Å²) in [6.07, 6.45) is 3.77. The van der Waals surface area contributed by atoms with Gasteiger partial charge in [-0.15, -0.1) is 0 Å². The van der Waals surface area contributed by atoms with E-state index in [2.05, 4.69) is 5.32 Å². The third-order valence-corrected chi connectivity index (χ3v) is 5.59. The van der Waals surface area contributed by atoms with Crippen molar-refractivity contribution in [3.63, 3.8) is 0 Å². The second-order valence-corrected chi connectivity index (χ2v) is 8.29. The van der Waals surface area contributed by atoms with Gasteiger partial charge in [0.2, 0.25) is 5.91 Å². The Morgan fingerprint density at radius 2 is 1.97 bits per heavy atom. The summed E-state index contributed by atoms with van der Waals surface area (Å²) in [4.78, 5) is 26.9. The highest BCUT2D eigenvalue weighted by atomic mass is 32.2. The van der Waals surface area contributed by atoms with Crippen LogP contribution in [0.25, 0.3) is 6.08 Å². The highest BCUT2D eigenvalue weighted by Gasteiger charge is 2.33. The predicted octanol–water partition coefficient (Wildman–Crippen LogP) is 4.49. The Balaban J connectivity index is 1.68. The molecule has 1 aliphatic heterocycles. The van der Waals surface area contributed by atoms with Gasteiger partial charge in [-0.3, -0.25) is 14.5 Å². The zero-order chi connectivity index (χ0) is 21.0. The van der Waals surface area contributed by atoms with E-state index in [1.807, 2.05) is 43.3 Å². The summed E-state index contributed by atoms with van der Waals surface area (Å²) in [6, 6.07) is 14.5. The van der Waals surface area contributed by atoms with Crippen LogP contribution in [0.4, 0.5) is 5.69 Å². The van der Waals surface area contributed by atoms with Crippen molar-refractivity contribution in [1.29, 1.82) is 0 Å². The maximum absolute atomic E-state index is 12.7. The van der Waals surface area contributed by atoms with Crippen LogP contribution in [-0.4, -0.2) is 32.7 Å². The Labute approximate surface area is 179 Å². The highest BCUT2D eigenvalue weighted by Crippen LogP contribution is 2.32. The second kappa shape index (κ2) is 9.07. The number of aromatic hydroxyl groups is 1. The van der Waals surface area contributed by atoms with Gasteiger partial charge in [0, 0.05) is 5.69 Å². The number of thioether (sulfide) groups is 1. The van der Waals surface area contributed by atoms with Gasteiger partial charge in [-0.05, 0) is 54.8 Å². The van der Waals surface area contributed by atoms with Crippen LogP contribution in [0.1, 0.15) is 18.1 Å². The summed E-state index contributed by atoms with van der Waals surface area (Å²) in [5, 5.41) is 12.2. The fourth-order valence-corrected chi connectivity index (χ4v) is 4.12. The molecule has 0 saturated carbocycles. The summed E-state index contributed by atoms with van der Waals surface area (Å²) in [6.45, 7) is 3.53. The number of benzene rings is 2. The molecule has 1 heterocycles. The van der Waals surface area contributed by atoms with E-state index in [9.17, 15) is 14.7 Å². The molecule has 2 aromatic carbocycles. The van der Waals surface area contributed by atoms with Crippen LogP contribution in [0.5, 0.6) is 5.75 Å². The van der Waals surface area contributed by atoms with E-state index in [0.29, 0.717) is 14.9 Å². The lowest BCUT2D eigenvalue weighted by Gasteiger charge is -2.15. The molecule has 0 spiro atoms. The minimum Gasteiger partial charge on any atom is -0.508 e. The van der Waals surface area contributed by atoms with Crippen molar-refractivity contribution in [1.82, 2.24) is 4.90 Å². The molecular weight excluding hydrogens is 404 g/mol. The van der Waals surface area contributed by atoms with E-state index in [-0.39, 0.29) is 24.1 Å². The van der Waals surface area contributed by atoms with Crippen molar-refractivity contribution < 1.29 is 14.7 Å². The molecule has 0 aliphatic carbocycles. The van der Waals surface area contributed by atoms with Crippen molar-refractivity contribution in [2.24, 2.45) is 0 Å². The van der Waals surface area contributed by atoms with Gasteiger partial charge in [-0.1, -0.05) is 60.4 Å². The Kier molecular flexibility index (Phi) is 6.51. The number of rotatable bonds is 5. The van der Waals surface area contributed by atoms with Crippen molar-refractivity contribution in [3.05, 3.63) is 76.2 Å². The molecule has 0 atom stereocenters. The normalized spacial score (nSPS) is 15.9. The van der Waals surface area contributed by atoms with E-state index in [1.165, 1.54) is 22.7 Å². The van der Waals surface area contributed by atoms with E-state index >= 15 is 0 Å². The van der Waals surface area contributed by atoms with Crippen molar-refractivity contribution in [2.75, 3.05) is 11.9 Å². The molecule has 0 bridgehead atoms. The molecule has 1 aliphatic rings. The molecule has 2 aromatic rings. The number of carbonyl (C=O) groups is 2. The number of hydrogen-bond donors (Lipinski definition) is 2. The number of phenolic OH excluding ortho intramolecular Hbond substituents is 1. The van der Waals surface area contributed by atoms with Gasteiger partial charge in [-0.2, -0.15) is 0 Å². The topological polar surface area (TPSA) is 69.6 Å². The van der Waals surface area contributed by atoms with E-state index in [1.54, 1.807) is 25.1 Å². The maximum atomic E-state index is 12.7. The lowest BCUT2D eigenvalue weighted by molar-refractivity contribution is -0.126. The molecule has 7 heteroatoms. The smallest absolute Gasteiger partial charge is 0.266 e. The third-order valence-electron chi connectivity index (χ3n) is 4.21. The standard InChI is InChI=1S/C22H20N2O3S2/c1-14(10-16-6-4-3-5-7-16)11-19-21(27)24(22(28)29-19)13-20(26)23-18-9-8-17(25)12-15(18)2/h3-12,25H,13H2,1-2H3,(H,23,26)/b14-10+,19-11-. The summed E-state index contributed by atoms with van der Waals surface area (Å²) in [5.41, 5.74) is 3.27. The van der Waals surface area contributed by atoms with Crippen molar-refractivity contribution >= 4 is 51.9 Å². The third kappa shape index (κ3) is 5.34. The molecule has 5 nitrogen and oxygen atoms in total. The number of nitrogens with zero attached hydrogens (tertiary/aromatic N) is 1. The van der Waals surface area contributed by atoms with Crippen molar-refractivity contribution in [2.45, 2.75) is 13.8 Å². The van der Waals surface area contributed by atoms with E-state index < -0.39 is 0 Å². The van der Waals surface area contributed by atoms with Gasteiger partial charge in [0.1, 0.15) is 16.6 Å². The summed E-state index contributed by atoms with van der Waals surface area (Å²) in [5.74, 6) is -0.507. The van der Waals surface area contributed by atoms with Gasteiger partial charge in [-0.25, -0.2) is 0 Å². The lowest BCUT2D eigenvalue weighted by atomic mass is 10.1. The summed E-state index contributed by atoms with van der Waals surface area (Å²) >= 11 is 6.49. The molecule has 29 heavy (non-hydrogen) atoms. The van der Waals surface area contributed by atoms with Crippen LogP contribution >= 0.6 is 24.0 Å². The number of nitrogens with one attached hydrogen (secondary N) is 1. The van der Waals surface area contributed by atoms with Crippen LogP contribution in [0.15, 0.2) is 65.1 Å². The average molecular weight is 425 g/mol. The van der Waals surface area contributed by atoms with Gasteiger partial charge in [0.25, 0.3) is 5.91 Å². The number of carbonyl (C=O) groups excluding carboxylic acids is 2. The van der Waals surface area contributed by atoms with Gasteiger partial charge in [0.15, 0.2) is 0 Å². The molecule has 2 N–H and O–H groups in total. The first kappa shape index (κ1) is 20.8. The number of anilines is 1. The minimum absolute atomic E-state index is 0.126. The Morgan fingerprint density at radius 1 is 1.24 bits per heavy atom. The molecule has 0 aromatic heterocycles. The molecule has 1 saturated heterocycles.